The lowest BCUT2D eigenvalue weighted by atomic mass is 10.0. The molecule has 1 amide bonds. The highest BCUT2D eigenvalue weighted by Gasteiger charge is 2.24. The number of rotatable bonds is 6. The van der Waals surface area contributed by atoms with Crippen LogP contribution in [0.1, 0.15) is 31.7 Å². The number of methoxy groups -OCH3 is 1. The van der Waals surface area contributed by atoms with Gasteiger partial charge in [0, 0.05) is 24.2 Å². The summed E-state index contributed by atoms with van der Waals surface area (Å²) in [4.78, 5) is 38.7. The van der Waals surface area contributed by atoms with E-state index in [-0.39, 0.29) is 23.3 Å². The third-order valence-electron chi connectivity index (χ3n) is 6.27. The molecule has 1 saturated heterocycles. The molecule has 0 saturated carbocycles. The van der Waals surface area contributed by atoms with Crippen molar-refractivity contribution in [2.24, 2.45) is 0 Å². The molecule has 0 bridgehead atoms. The Kier molecular flexibility index (Phi) is 6.56. The van der Waals surface area contributed by atoms with E-state index in [1.807, 2.05) is 41.3 Å². The summed E-state index contributed by atoms with van der Waals surface area (Å²) >= 11 is 2.70. The number of fused-ring (bicyclic) bond motifs is 3. The van der Waals surface area contributed by atoms with E-state index in [4.69, 9.17) is 9.72 Å². The Bertz CT molecular complexity index is 1400. The summed E-state index contributed by atoms with van der Waals surface area (Å²) in [6, 6.07) is 11.7. The minimum absolute atomic E-state index is 0.0967. The van der Waals surface area contributed by atoms with Crippen molar-refractivity contribution in [3.63, 3.8) is 0 Å². The lowest BCUT2D eigenvalue weighted by molar-refractivity contribution is -0.131. The molecule has 0 radical (unpaired) electrons. The van der Waals surface area contributed by atoms with Gasteiger partial charge in [0.05, 0.1) is 24.9 Å². The molecule has 5 rings (SSSR count). The van der Waals surface area contributed by atoms with Gasteiger partial charge in [-0.25, -0.2) is 9.97 Å². The average molecular weight is 495 g/mol. The van der Waals surface area contributed by atoms with Gasteiger partial charge >= 0.3 is 0 Å². The fourth-order valence-corrected chi connectivity index (χ4v) is 6.29. The lowest BCUT2D eigenvalue weighted by Gasteiger charge is -2.33. The Morgan fingerprint density at radius 3 is 2.82 bits per heavy atom. The van der Waals surface area contributed by atoms with E-state index in [1.54, 1.807) is 17.9 Å². The molecule has 176 valence electrons. The predicted molar refractivity (Wildman–Crippen MR) is 137 cm³/mol. The van der Waals surface area contributed by atoms with E-state index in [1.165, 1.54) is 23.1 Å². The molecule has 1 aromatic carbocycles. The summed E-state index contributed by atoms with van der Waals surface area (Å²) in [6.07, 6.45) is 4.97. The van der Waals surface area contributed by atoms with Gasteiger partial charge < -0.3 is 9.64 Å². The number of hydrogen-bond donors (Lipinski definition) is 0. The Balaban J connectivity index is 1.53. The van der Waals surface area contributed by atoms with Gasteiger partial charge in [0.15, 0.2) is 5.16 Å². The van der Waals surface area contributed by atoms with Crippen molar-refractivity contribution in [1.82, 2.24) is 19.4 Å². The molecule has 1 aliphatic heterocycles. The summed E-state index contributed by atoms with van der Waals surface area (Å²) in [5.74, 6) is 1.11. The number of likely N-dealkylation sites (tertiary alicyclic amines) is 1. The number of thiophene rings is 1. The number of amides is 1. The molecule has 34 heavy (non-hydrogen) atoms. The molecule has 0 spiro atoms. The van der Waals surface area contributed by atoms with Gasteiger partial charge in [0.25, 0.3) is 5.56 Å². The molecule has 7 nitrogen and oxygen atoms in total. The van der Waals surface area contributed by atoms with Gasteiger partial charge in [-0.1, -0.05) is 23.9 Å². The van der Waals surface area contributed by atoms with Crippen LogP contribution in [0, 0.1) is 0 Å². The topological polar surface area (TPSA) is 77.3 Å². The maximum Gasteiger partial charge on any atom is 0.272 e. The highest BCUT2D eigenvalue weighted by Crippen LogP contribution is 2.31. The fraction of sp³-hybridized carbons (Fsp3) is 0.360. The second kappa shape index (κ2) is 9.76. The number of pyridine rings is 1. The molecule has 0 N–H and O–H groups in total. The number of ether oxygens (including phenoxy) is 1. The number of aromatic nitrogens is 3. The molecule has 0 aliphatic carbocycles. The maximum absolute atomic E-state index is 13.6. The molecule has 9 heteroatoms. The van der Waals surface area contributed by atoms with Gasteiger partial charge in [0.2, 0.25) is 5.91 Å². The van der Waals surface area contributed by atoms with Crippen LogP contribution in [0.15, 0.2) is 52.5 Å². The first-order valence-electron chi connectivity index (χ1n) is 11.4. The van der Waals surface area contributed by atoms with Crippen LogP contribution in [0.25, 0.3) is 20.4 Å². The van der Waals surface area contributed by atoms with Gasteiger partial charge in [-0.15, -0.1) is 11.3 Å². The summed E-state index contributed by atoms with van der Waals surface area (Å²) in [5.41, 5.74) is 1.51. The Morgan fingerprint density at radius 2 is 2.06 bits per heavy atom. The number of nitrogens with zero attached hydrogens (tertiary/aromatic N) is 4. The third kappa shape index (κ3) is 4.42. The second-order valence-corrected chi connectivity index (χ2v) is 10.4. The quantitative estimate of drug-likeness (QED) is 0.289. The smallest absolute Gasteiger partial charge is 0.272 e. The van der Waals surface area contributed by atoms with Crippen molar-refractivity contribution in [3.05, 3.63) is 58.5 Å². The average Bonchev–Trinajstić information content (AvgIpc) is 3.24. The summed E-state index contributed by atoms with van der Waals surface area (Å²) in [5, 5.41) is 1.42. The summed E-state index contributed by atoms with van der Waals surface area (Å²) < 4.78 is 7.52. The van der Waals surface area contributed by atoms with E-state index in [2.05, 4.69) is 11.9 Å². The summed E-state index contributed by atoms with van der Waals surface area (Å²) in [7, 11) is 1.63. The van der Waals surface area contributed by atoms with Gasteiger partial charge in [-0.3, -0.25) is 14.2 Å². The monoisotopic (exact) mass is 494 g/mol. The maximum atomic E-state index is 13.6. The van der Waals surface area contributed by atoms with Gasteiger partial charge in [-0.2, -0.15) is 0 Å². The standard InChI is InChI=1S/C25H26N4O3S2/c1-16-6-3-4-13-28(16)20(30)15-33-25-27-21-19-7-5-12-26-23(19)34-22(21)24(31)29(25)14-17-8-10-18(32-2)11-9-17/h5,7-12,16H,3-4,6,13-15H2,1-2H3/t16-/m1/s1. The van der Waals surface area contributed by atoms with Crippen molar-refractivity contribution >= 4 is 49.4 Å². The summed E-state index contributed by atoms with van der Waals surface area (Å²) in [6.45, 7) is 3.27. The largest absolute Gasteiger partial charge is 0.497 e. The second-order valence-electron chi connectivity index (χ2n) is 8.49. The highest BCUT2D eigenvalue weighted by atomic mass is 32.2. The van der Waals surface area contributed by atoms with E-state index in [9.17, 15) is 9.59 Å². The van der Waals surface area contributed by atoms with Crippen LogP contribution in [0.3, 0.4) is 0 Å². The molecule has 1 atom stereocenters. The SMILES string of the molecule is COc1ccc(Cn2c(SCC(=O)N3CCCC[C@H]3C)nc3c(sc4ncccc43)c2=O)cc1. The van der Waals surface area contributed by atoms with E-state index >= 15 is 0 Å². The number of carbonyl (C=O) groups excluding carboxylic acids is 1. The molecule has 1 fully saturated rings. The molecule has 3 aromatic heterocycles. The number of carbonyl (C=O) groups is 1. The molecule has 1 aliphatic rings. The Morgan fingerprint density at radius 1 is 1.24 bits per heavy atom. The van der Waals surface area contributed by atoms with Gasteiger partial charge in [-0.05, 0) is 56.0 Å². The van der Waals surface area contributed by atoms with Crippen LogP contribution in [0.2, 0.25) is 0 Å². The number of piperidine rings is 1. The van der Waals surface area contributed by atoms with Crippen LogP contribution in [-0.4, -0.2) is 50.8 Å². The third-order valence-corrected chi connectivity index (χ3v) is 8.32. The Labute approximate surface area is 205 Å². The minimum atomic E-state index is -0.106. The van der Waals surface area contributed by atoms with Crippen LogP contribution in [-0.2, 0) is 11.3 Å². The number of hydrogen-bond acceptors (Lipinski definition) is 7. The van der Waals surface area contributed by atoms with Crippen LogP contribution < -0.4 is 10.3 Å². The van der Waals surface area contributed by atoms with E-state index in [0.29, 0.717) is 21.9 Å². The first kappa shape index (κ1) is 22.9. The first-order valence-corrected chi connectivity index (χ1v) is 13.2. The molecular weight excluding hydrogens is 468 g/mol. The van der Waals surface area contributed by atoms with Crippen molar-refractivity contribution in [2.75, 3.05) is 19.4 Å². The number of thioether (sulfide) groups is 1. The fourth-order valence-electron chi connectivity index (χ4n) is 4.38. The van der Waals surface area contributed by atoms with Crippen molar-refractivity contribution in [2.45, 2.75) is 43.9 Å². The van der Waals surface area contributed by atoms with Crippen LogP contribution in [0.4, 0.5) is 0 Å². The zero-order valence-corrected chi connectivity index (χ0v) is 20.8. The minimum Gasteiger partial charge on any atom is -0.497 e. The predicted octanol–water partition coefficient (Wildman–Crippen LogP) is 4.56. The lowest BCUT2D eigenvalue weighted by Crippen LogP contribution is -2.43. The van der Waals surface area contributed by atoms with Crippen LogP contribution in [0.5, 0.6) is 5.75 Å². The highest BCUT2D eigenvalue weighted by molar-refractivity contribution is 7.99. The zero-order chi connectivity index (χ0) is 23.7. The first-order chi connectivity index (χ1) is 16.5. The van der Waals surface area contributed by atoms with E-state index in [0.717, 1.165) is 47.3 Å². The molecule has 4 heterocycles. The van der Waals surface area contributed by atoms with E-state index < -0.39 is 0 Å². The molecule has 0 unspecified atom stereocenters. The van der Waals surface area contributed by atoms with Gasteiger partial charge in [0.1, 0.15) is 15.3 Å². The number of benzene rings is 1. The van der Waals surface area contributed by atoms with Crippen molar-refractivity contribution < 1.29 is 9.53 Å². The van der Waals surface area contributed by atoms with Crippen molar-refractivity contribution in [3.8, 4) is 5.75 Å². The normalized spacial score (nSPS) is 16.3. The Hall–Kier alpha value is -2.91. The van der Waals surface area contributed by atoms with Crippen molar-refractivity contribution in [1.29, 1.82) is 0 Å². The molecule has 4 aromatic rings. The van der Waals surface area contributed by atoms with Crippen LogP contribution >= 0.6 is 23.1 Å². The molecular formula is C25H26N4O3S2. The zero-order valence-electron chi connectivity index (χ0n) is 19.2.